The van der Waals surface area contributed by atoms with Crippen molar-refractivity contribution in [1.82, 2.24) is 19.8 Å². The number of nitrogens with zero attached hydrogens (tertiary/aromatic N) is 3. The van der Waals surface area contributed by atoms with Crippen LogP contribution in [0.4, 0.5) is 0 Å². The Morgan fingerprint density at radius 3 is 2.67 bits per heavy atom. The number of hydrogen-bond acceptors (Lipinski definition) is 3. The normalized spacial score (nSPS) is 11.7. The first-order valence-corrected chi connectivity index (χ1v) is 7.09. The molecule has 0 fully saturated rings. The second-order valence-corrected chi connectivity index (χ2v) is 5.15. The van der Waals surface area contributed by atoms with Gasteiger partial charge in [-0.05, 0) is 25.6 Å². The molecule has 18 heavy (non-hydrogen) atoms. The molecular formula is C14H28N4. The number of hydrogen-bond donors (Lipinski definition) is 1. The van der Waals surface area contributed by atoms with Crippen LogP contribution in [0.2, 0.25) is 0 Å². The summed E-state index contributed by atoms with van der Waals surface area (Å²) in [6, 6.07) is 0. The molecule has 4 heteroatoms. The zero-order valence-corrected chi connectivity index (χ0v) is 12.3. The summed E-state index contributed by atoms with van der Waals surface area (Å²) in [5.41, 5.74) is 1.13. The number of nitrogens with one attached hydrogen (secondary N) is 1. The van der Waals surface area contributed by atoms with E-state index in [9.17, 15) is 0 Å². The van der Waals surface area contributed by atoms with E-state index in [1.807, 2.05) is 6.33 Å². The minimum atomic E-state index is 0.690. The quantitative estimate of drug-likeness (QED) is 0.729. The van der Waals surface area contributed by atoms with E-state index in [0.717, 1.165) is 45.0 Å². The standard InChI is InChI=1S/C14H28N4/c1-5-17(6-2)7-8-18-11-14(16-12-18)10-15-9-13(3)4/h11-13,15H,5-10H2,1-4H3. The molecule has 1 N–H and O–H groups in total. The summed E-state index contributed by atoms with van der Waals surface area (Å²) in [6.07, 6.45) is 4.09. The van der Waals surface area contributed by atoms with E-state index < -0.39 is 0 Å². The van der Waals surface area contributed by atoms with Crippen molar-refractivity contribution in [1.29, 1.82) is 0 Å². The molecule has 0 aliphatic rings. The number of likely N-dealkylation sites (N-methyl/N-ethyl adjacent to an activating group) is 1. The van der Waals surface area contributed by atoms with Gasteiger partial charge in [-0.3, -0.25) is 0 Å². The Morgan fingerprint density at radius 2 is 2.06 bits per heavy atom. The van der Waals surface area contributed by atoms with Crippen LogP contribution in [-0.4, -0.2) is 40.6 Å². The fourth-order valence-electron chi connectivity index (χ4n) is 1.91. The highest BCUT2D eigenvalue weighted by molar-refractivity contribution is 4.96. The highest BCUT2D eigenvalue weighted by Crippen LogP contribution is 1.98. The van der Waals surface area contributed by atoms with Gasteiger partial charge in [-0.25, -0.2) is 4.98 Å². The maximum absolute atomic E-state index is 4.42. The van der Waals surface area contributed by atoms with Gasteiger partial charge in [0.15, 0.2) is 0 Å². The SMILES string of the molecule is CCN(CC)CCn1cnc(CNCC(C)C)c1. The van der Waals surface area contributed by atoms with Gasteiger partial charge in [0.2, 0.25) is 0 Å². The first kappa shape index (κ1) is 15.2. The third-order valence-corrected chi connectivity index (χ3v) is 3.11. The second kappa shape index (κ2) is 8.27. The lowest BCUT2D eigenvalue weighted by molar-refractivity contribution is 0.290. The summed E-state index contributed by atoms with van der Waals surface area (Å²) in [5, 5.41) is 3.42. The monoisotopic (exact) mass is 252 g/mol. The first-order valence-electron chi connectivity index (χ1n) is 7.09. The average Bonchev–Trinajstić information content (AvgIpc) is 2.78. The molecule has 0 saturated carbocycles. The van der Waals surface area contributed by atoms with Gasteiger partial charge in [0.25, 0.3) is 0 Å². The van der Waals surface area contributed by atoms with Crippen LogP contribution in [0.5, 0.6) is 0 Å². The van der Waals surface area contributed by atoms with E-state index in [1.165, 1.54) is 0 Å². The zero-order chi connectivity index (χ0) is 13.4. The molecule has 104 valence electrons. The van der Waals surface area contributed by atoms with Crippen molar-refractivity contribution in [3.63, 3.8) is 0 Å². The van der Waals surface area contributed by atoms with Crippen LogP contribution in [-0.2, 0) is 13.1 Å². The Labute approximate surface area is 111 Å². The topological polar surface area (TPSA) is 33.1 Å². The lowest BCUT2D eigenvalue weighted by Crippen LogP contribution is -2.26. The maximum atomic E-state index is 4.42. The van der Waals surface area contributed by atoms with Gasteiger partial charge in [-0.2, -0.15) is 0 Å². The molecule has 4 nitrogen and oxygen atoms in total. The lowest BCUT2D eigenvalue weighted by atomic mass is 10.2. The highest BCUT2D eigenvalue weighted by Gasteiger charge is 2.02. The third-order valence-electron chi connectivity index (χ3n) is 3.11. The van der Waals surface area contributed by atoms with Crippen molar-refractivity contribution in [2.75, 3.05) is 26.2 Å². The van der Waals surface area contributed by atoms with Crippen molar-refractivity contribution in [2.45, 2.75) is 40.8 Å². The first-order chi connectivity index (χ1) is 8.65. The fraction of sp³-hybridized carbons (Fsp3) is 0.786. The van der Waals surface area contributed by atoms with Gasteiger partial charge in [0, 0.05) is 25.8 Å². The Hall–Kier alpha value is -0.870. The average molecular weight is 252 g/mol. The van der Waals surface area contributed by atoms with E-state index in [-0.39, 0.29) is 0 Å². The summed E-state index contributed by atoms with van der Waals surface area (Å²) in [7, 11) is 0. The number of imidazole rings is 1. The minimum Gasteiger partial charge on any atom is -0.336 e. The van der Waals surface area contributed by atoms with Gasteiger partial charge >= 0.3 is 0 Å². The van der Waals surface area contributed by atoms with Gasteiger partial charge in [-0.1, -0.05) is 27.7 Å². The molecule has 0 aromatic carbocycles. The predicted octanol–water partition coefficient (Wildman–Crippen LogP) is 1.97. The molecule has 0 aliphatic carbocycles. The summed E-state index contributed by atoms with van der Waals surface area (Å²) < 4.78 is 2.19. The molecule has 0 amide bonds. The third kappa shape index (κ3) is 5.65. The molecule has 1 heterocycles. The summed E-state index contributed by atoms with van der Waals surface area (Å²) >= 11 is 0. The summed E-state index contributed by atoms with van der Waals surface area (Å²) in [4.78, 5) is 6.85. The summed E-state index contributed by atoms with van der Waals surface area (Å²) in [5.74, 6) is 0.690. The van der Waals surface area contributed by atoms with Crippen LogP contribution < -0.4 is 5.32 Å². The Kier molecular flexibility index (Phi) is 6.98. The highest BCUT2D eigenvalue weighted by atomic mass is 15.1. The van der Waals surface area contributed by atoms with E-state index in [0.29, 0.717) is 5.92 Å². The second-order valence-electron chi connectivity index (χ2n) is 5.15. The van der Waals surface area contributed by atoms with Crippen LogP contribution in [0.25, 0.3) is 0 Å². The van der Waals surface area contributed by atoms with Crippen LogP contribution in [0.3, 0.4) is 0 Å². The Bertz CT molecular complexity index is 315. The number of rotatable bonds is 9. The Balaban J connectivity index is 2.29. The van der Waals surface area contributed by atoms with Gasteiger partial charge in [0.05, 0.1) is 12.0 Å². The maximum Gasteiger partial charge on any atom is 0.0950 e. The summed E-state index contributed by atoms with van der Waals surface area (Å²) in [6.45, 7) is 15.1. The van der Waals surface area contributed by atoms with Crippen molar-refractivity contribution >= 4 is 0 Å². The van der Waals surface area contributed by atoms with Gasteiger partial charge in [-0.15, -0.1) is 0 Å². The predicted molar refractivity (Wildman–Crippen MR) is 76.6 cm³/mol. The molecule has 0 aliphatic heterocycles. The zero-order valence-electron chi connectivity index (χ0n) is 12.3. The van der Waals surface area contributed by atoms with E-state index >= 15 is 0 Å². The molecule has 0 unspecified atom stereocenters. The van der Waals surface area contributed by atoms with E-state index in [4.69, 9.17) is 0 Å². The van der Waals surface area contributed by atoms with Gasteiger partial charge < -0.3 is 14.8 Å². The fourth-order valence-corrected chi connectivity index (χ4v) is 1.91. The smallest absolute Gasteiger partial charge is 0.0950 e. The molecule has 0 bridgehead atoms. The Morgan fingerprint density at radius 1 is 1.33 bits per heavy atom. The number of aromatic nitrogens is 2. The largest absolute Gasteiger partial charge is 0.336 e. The molecule has 0 radical (unpaired) electrons. The van der Waals surface area contributed by atoms with Crippen molar-refractivity contribution in [2.24, 2.45) is 5.92 Å². The van der Waals surface area contributed by atoms with Crippen LogP contribution >= 0.6 is 0 Å². The lowest BCUT2D eigenvalue weighted by Gasteiger charge is -2.17. The molecule has 0 saturated heterocycles. The minimum absolute atomic E-state index is 0.690. The van der Waals surface area contributed by atoms with Crippen molar-refractivity contribution in [3.05, 3.63) is 18.2 Å². The molecule has 1 aromatic heterocycles. The van der Waals surface area contributed by atoms with Crippen LogP contribution in [0, 0.1) is 5.92 Å². The van der Waals surface area contributed by atoms with Crippen molar-refractivity contribution in [3.8, 4) is 0 Å². The van der Waals surface area contributed by atoms with Crippen LogP contribution in [0.15, 0.2) is 12.5 Å². The van der Waals surface area contributed by atoms with Crippen molar-refractivity contribution < 1.29 is 0 Å². The molecule has 0 spiro atoms. The molecular weight excluding hydrogens is 224 g/mol. The molecule has 1 rings (SSSR count). The molecule has 0 atom stereocenters. The van der Waals surface area contributed by atoms with Crippen LogP contribution in [0.1, 0.15) is 33.4 Å². The van der Waals surface area contributed by atoms with Gasteiger partial charge in [0.1, 0.15) is 0 Å². The van der Waals surface area contributed by atoms with E-state index in [1.54, 1.807) is 0 Å². The molecule has 1 aromatic rings. The van der Waals surface area contributed by atoms with E-state index in [2.05, 4.69) is 53.7 Å².